The van der Waals surface area contributed by atoms with Crippen molar-refractivity contribution in [3.63, 3.8) is 0 Å². The standard InChI is InChI=1S/C12H17BrFNS/c1-3-16-8-9(2)15-7-10-6-11(13)4-5-12(10)14/h4-6,9,15H,3,7-8H2,1-2H3. The molecule has 0 aromatic heterocycles. The maximum absolute atomic E-state index is 13.4. The van der Waals surface area contributed by atoms with Crippen LogP contribution in [0.15, 0.2) is 22.7 Å². The van der Waals surface area contributed by atoms with Crippen LogP contribution in [0, 0.1) is 5.82 Å². The molecule has 0 heterocycles. The van der Waals surface area contributed by atoms with E-state index in [0.29, 0.717) is 18.2 Å². The summed E-state index contributed by atoms with van der Waals surface area (Å²) in [7, 11) is 0. The molecule has 1 rings (SSSR count). The van der Waals surface area contributed by atoms with Gasteiger partial charge in [0.25, 0.3) is 0 Å². The molecule has 0 aliphatic heterocycles. The second-order valence-electron chi connectivity index (χ2n) is 3.68. The van der Waals surface area contributed by atoms with Gasteiger partial charge in [-0.05, 0) is 30.9 Å². The molecule has 0 fully saturated rings. The molecule has 0 aliphatic carbocycles. The van der Waals surface area contributed by atoms with E-state index in [1.165, 1.54) is 6.07 Å². The summed E-state index contributed by atoms with van der Waals surface area (Å²) in [6.45, 7) is 4.85. The van der Waals surface area contributed by atoms with E-state index in [1.807, 2.05) is 17.8 Å². The highest BCUT2D eigenvalue weighted by molar-refractivity contribution is 9.10. The summed E-state index contributed by atoms with van der Waals surface area (Å²) in [6, 6.07) is 5.44. The van der Waals surface area contributed by atoms with Crippen molar-refractivity contribution < 1.29 is 4.39 Å². The van der Waals surface area contributed by atoms with Gasteiger partial charge < -0.3 is 5.32 Å². The molecular formula is C12H17BrFNS. The molecule has 0 amide bonds. The van der Waals surface area contributed by atoms with E-state index in [-0.39, 0.29) is 5.82 Å². The lowest BCUT2D eigenvalue weighted by Crippen LogP contribution is -2.28. The summed E-state index contributed by atoms with van der Waals surface area (Å²) in [5.74, 6) is 2.04. The van der Waals surface area contributed by atoms with Gasteiger partial charge in [0, 0.05) is 28.4 Å². The van der Waals surface area contributed by atoms with Crippen molar-refractivity contribution in [3.8, 4) is 0 Å². The Morgan fingerprint density at radius 1 is 1.50 bits per heavy atom. The van der Waals surface area contributed by atoms with Gasteiger partial charge in [0.05, 0.1) is 0 Å². The van der Waals surface area contributed by atoms with Crippen molar-refractivity contribution in [1.29, 1.82) is 0 Å². The lowest BCUT2D eigenvalue weighted by atomic mass is 10.2. The predicted octanol–water partition coefficient (Wildman–Crippen LogP) is 3.82. The molecule has 16 heavy (non-hydrogen) atoms. The van der Waals surface area contributed by atoms with Gasteiger partial charge in [-0.25, -0.2) is 4.39 Å². The van der Waals surface area contributed by atoms with Gasteiger partial charge in [0.2, 0.25) is 0 Å². The summed E-state index contributed by atoms with van der Waals surface area (Å²) in [4.78, 5) is 0. The summed E-state index contributed by atoms with van der Waals surface area (Å²) in [6.07, 6.45) is 0. The largest absolute Gasteiger partial charge is 0.309 e. The number of hydrogen-bond donors (Lipinski definition) is 1. The van der Waals surface area contributed by atoms with E-state index in [4.69, 9.17) is 0 Å². The fourth-order valence-corrected chi connectivity index (χ4v) is 2.43. The Morgan fingerprint density at radius 2 is 2.25 bits per heavy atom. The molecule has 90 valence electrons. The molecular weight excluding hydrogens is 289 g/mol. The molecule has 1 N–H and O–H groups in total. The van der Waals surface area contributed by atoms with Gasteiger partial charge in [0.15, 0.2) is 0 Å². The van der Waals surface area contributed by atoms with Crippen LogP contribution in [0.3, 0.4) is 0 Å². The first-order chi connectivity index (χ1) is 7.63. The van der Waals surface area contributed by atoms with E-state index in [1.54, 1.807) is 6.07 Å². The van der Waals surface area contributed by atoms with Crippen LogP contribution in [-0.2, 0) is 6.54 Å². The highest BCUT2D eigenvalue weighted by Gasteiger charge is 2.05. The van der Waals surface area contributed by atoms with Gasteiger partial charge in [0.1, 0.15) is 5.82 Å². The van der Waals surface area contributed by atoms with Crippen LogP contribution in [0.5, 0.6) is 0 Å². The molecule has 0 radical (unpaired) electrons. The molecule has 4 heteroatoms. The number of nitrogens with one attached hydrogen (secondary N) is 1. The van der Waals surface area contributed by atoms with E-state index in [9.17, 15) is 4.39 Å². The summed E-state index contributed by atoms with van der Waals surface area (Å²) >= 11 is 5.24. The van der Waals surface area contributed by atoms with Crippen LogP contribution in [0.4, 0.5) is 4.39 Å². The van der Waals surface area contributed by atoms with Gasteiger partial charge in [-0.3, -0.25) is 0 Å². The van der Waals surface area contributed by atoms with Crippen molar-refractivity contribution in [1.82, 2.24) is 5.32 Å². The van der Waals surface area contributed by atoms with Crippen molar-refractivity contribution in [2.24, 2.45) is 0 Å². The van der Waals surface area contributed by atoms with Gasteiger partial charge in [-0.2, -0.15) is 11.8 Å². The van der Waals surface area contributed by atoms with Crippen molar-refractivity contribution in [3.05, 3.63) is 34.1 Å². The second kappa shape index (κ2) is 7.30. The summed E-state index contributed by atoms with van der Waals surface area (Å²) < 4.78 is 14.3. The van der Waals surface area contributed by atoms with E-state index < -0.39 is 0 Å². The molecule has 1 nitrogen and oxygen atoms in total. The monoisotopic (exact) mass is 305 g/mol. The fourth-order valence-electron chi connectivity index (χ4n) is 1.32. The quantitative estimate of drug-likeness (QED) is 0.857. The predicted molar refractivity (Wildman–Crippen MR) is 73.4 cm³/mol. The third-order valence-corrected chi connectivity index (χ3v) is 3.86. The zero-order chi connectivity index (χ0) is 12.0. The Kier molecular flexibility index (Phi) is 6.39. The zero-order valence-electron chi connectivity index (χ0n) is 9.59. The lowest BCUT2D eigenvalue weighted by Gasteiger charge is -2.13. The average molecular weight is 306 g/mol. The third-order valence-electron chi connectivity index (χ3n) is 2.22. The van der Waals surface area contributed by atoms with Crippen molar-refractivity contribution in [2.75, 3.05) is 11.5 Å². The first kappa shape index (κ1) is 14.0. The molecule has 0 saturated carbocycles. The minimum Gasteiger partial charge on any atom is -0.309 e. The SMILES string of the molecule is CCSCC(C)NCc1cc(Br)ccc1F. The van der Waals surface area contributed by atoms with Crippen molar-refractivity contribution in [2.45, 2.75) is 26.4 Å². The normalized spacial score (nSPS) is 12.8. The number of rotatable bonds is 6. The van der Waals surface area contributed by atoms with Crippen LogP contribution < -0.4 is 5.32 Å². The van der Waals surface area contributed by atoms with Crippen LogP contribution >= 0.6 is 27.7 Å². The highest BCUT2D eigenvalue weighted by atomic mass is 79.9. The lowest BCUT2D eigenvalue weighted by molar-refractivity contribution is 0.557. The molecule has 0 aliphatic rings. The van der Waals surface area contributed by atoms with Gasteiger partial charge >= 0.3 is 0 Å². The van der Waals surface area contributed by atoms with Gasteiger partial charge in [-0.1, -0.05) is 22.9 Å². The molecule has 1 aromatic rings. The first-order valence-electron chi connectivity index (χ1n) is 5.38. The number of benzene rings is 1. The minimum absolute atomic E-state index is 0.147. The molecule has 0 bridgehead atoms. The third kappa shape index (κ3) is 4.85. The smallest absolute Gasteiger partial charge is 0.127 e. The molecule has 1 aromatic carbocycles. The van der Waals surface area contributed by atoms with Crippen LogP contribution in [0.25, 0.3) is 0 Å². The Balaban J connectivity index is 2.44. The Bertz CT molecular complexity index is 333. The topological polar surface area (TPSA) is 12.0 Å². The Labute approximate surface area is 109 Å². The average Bonchev–Trinajstić information content (AvgIpc) is 2.27. The number of hydrogen-bond acceptors (Lipinski definition) is 2. The highest BCUT2D eigenvalue weighted by Crippen LogP contribution is 2.15. The second-order valence-corrected chi connectivity index (χ2v) is 5.91. The van der Waals surface area contributed by atoms with Crippen LogP contribution in [-0.4, -0.2) is 17.5 Å². The zero-order valence-corrected chi connectivity index (χ0v) is 12.0. The molecule has 1 unspecified atom stereocenters. The van der Waals surface area contributed by atoms with E-state index >= 15 is 0 Å². The Morgan fingerprint density at radius 3 is 2.94 bits per heavy atom. The minimum atomic E-state index is -0.147. The fraction of sp³-hybridized carbons (Fsp3) is 0.500. The Hall–Kier alpha value is -0.0600. The maximum atomic E-state index is 13.4. The van der Waals surface area contributed by atoms with E-state index in [2.05, 4.69) is 35.1 Å². The molecule has 0 saturated heterocycles. The number of halogens is 2. The van der Waals surface area contributed by atoms with Crippen molar-refractivity contribution >= 4 is 27.7 Å². The first-order valence-corrected chi connectivity index (χ1v) is 7.33. The van der Waals surface area contributed by atoms with Crippen LogP contribution in [0.2, 0.25) is 0 Å². The molecule has 0 spiro atoms. The van der Waals surface area contributed by atoms with Gasteiger partial charge in [-0.15, -0.1) is 0 Å². The molecule has 1 atom stereocenters. The summed E-state index contributed by atoms with van der Waals surface area (Å²) in [5.41, 5.74) is 0.711. The van der Waals surface area contributed by atoms with Crippen LogP contribution in [0.1, 0.15) is 19.4 Å². The maximum Gasteiger partial charge on any atom is 0.127 e. The summed E-state index contributed by atoms with van der Waals surface area (Å²) in [5, 5.41) is 3.32. The van der Waals surface area contributed by atoms with E-state index in [0.717, 1.165) is 16.0 Å². The number of thioether (sulfide) groups is 1.